The predicted molar refractivity (Wildman–Crippen MR) is 53.4 cm³/mol. The highest BCUT2D eigenvalue weighted by molar-refractivity contribution is 6.30. The number of aryl methyl sites for hydroxylation is 1. The summed E-state index contributed by atoms with van der Waals surface area (Å²) in [5.74, 6) is 5.72. The minimum Gasteiger partial charge on any atom is -0.302 e. The molecule has 0 radical (unpaired) electrons. The van der Waals surface area contributed by atoms with Gasteiger partial charge in [-0.25, -0.2) is 0 Å². The first kappa shape index (κ1) is 10.1. The van der Waals surface area contributed by atoms with E-state index in [4.69, 9.17) is 11.6 Å². The number of nitrogens with one attached hydrogen (secondary N) is 1. The van der Waals surface area contributed by atoms with Crippen LogP contribution in [0.15, 0.2) is 6.20 Å². The molecule has 3 nitrogen and oxygen atoms in total. The van der Waals surface area contributed by atoms with Crippen LogP contribution in [-0.4, -0.2) is 16.3 Å². The van der Waals surface area contributed by atoms with Crippen molar-refractivity contribution in [1.29, 1.82) is 0 Å². The molecule has 0 amide bonds. The zero-order valence-corrected chi connectivity index (χ0v) is 8.52. The molecule has 0 saturated carbocycles. The van der Waals surface area contributed by atoms with Gasteiger partial charge in [0.05, 0.1) is 12.7 Å². The molecule has 0 aliphatic rings. The van der Waals surface area contributed by atoms with Gasteiger partial charge >= 0.3 is 0 Å². The molecule has 0 aliphatic carbocycles. The average Bonchev–Trinajstić information content (AvgIpc) is 2.43. The summed E-state index contributed by atoms with van der Waals surface area (Å²) in [7, 11) is 1.82. The summed E-state index contributed by atoms with van der Waals surface area (Å²) in [4.78, 5) is 0. The smallest absolute Gasteiger partial charge is 0.131 e. The second kappa shape index (κ2) is 4.90. The van der Waals surface area contributed by atoms with Gasteiger partial charge in [0.15, 0.2) is 0 Å². The maximum atomic E-state index is 5.95. The molecule has 13 heavy (non-hydrogen) atoms. The van der Waals surface area contributed by atoms with Gasteiger partial charge in [-0.2, -0.15) is 5.10 Å². The molecule has 70 valence electrons. The molecule has 1 aromatic heterocycles. The van der Waals surface area contributed by atoms with E-state index < -0.39 is 0 Å². The lowest BCUT2D eigenvalue weighted by molar-refractivity contribution is 0.756. The van der Waals surface area contributed by atoms with E-state index in [0.717, 1.165) is 5.56 Å². The average molecular weight is 198 g/mol. The summed E-state index contributed by atoms with van der Waals surface area (Å²) in [6.45, 7) is 3.21. The van der Waals surface area contributed by atoms with E-state index >= 15 is 0 Å². The van der Waals surface area contributed by atoms with Crippen LogP contribution in [0.2, 0.25) is 5.15 Å². The van der Waals surface area contributed by atoms with Gasteiger partial charge in [-0.1, -0.05) is 17.5 Å². The quantitative estimate of drug-likeness (QED) is 0.583. The van der Waals surface area contributed by atoms with E-state index in [9.17, 15) is 0 Å². The Morgan fingerprint density at radius 2 is 2.46 bits per heavy atom. The molecule has 1 heterocycles. The third kappa shape index (κ3) is 2.76. The third-order valence-electron chi connectivity index (χ3n) is 1.64. The van der Waals surface area contributed by atoms with Crippen LogP contribution in [0.1, 0.15) is 12.5 Å². The molecule has 0 spiro atoms. The molecule has 0 aromatic carbocycles. The van der Waals surface area contributed by atoms with Gasteiger partial charge in [0.25, 0.3) is 0 Å². The van der Waals surface area contributed by atoms with Crippen molar-refractivity contribution in [3.05, 3.63) is 16.9 Å². The number of hydrogen-bond donors (Lipinski definition) is 1. The fourth-order valence-electron chi connectivity index (χ4n) is 0.935. The first-order valence-electron chi connectivity index (χ1n) is 4.02. The Hall–Kier alpha value is -0.980. The number of nitrogens with zero attached hydrogens (tertiary/aromatic N) is 2. The molecule has 0 fully saturated rings. The van der Waals surface area contributed by atoms with Gasteiger partial charge in [-0.3, -0.25) is 4.68 Å². The van der Waals surface area contributed by atoms with Crippen LogP contribution in [0, 0.1) is 11.8 Å². The molecule has 0 aliphatic heterocycles. The van der Waals surface area contributed by atoms with Gasteiger partial charge < -0.3 is 5.32 Å². The Morgan fingerprint density at radius 1 is 1.69 bits per heavy atom. The van der Waals surface area contributed by atoms with Crippen molar-refractivity contribution in [3.8, 4) is 11.8 Å². The summed E-state index contributed by atoms with van der Waals surface area (Å²) in [5, 5.41) is 7.85. The van der Waals surface area contributed by atoms with E-state index in [1.165, 1.54) is 0 Å². The second-order valence-corrected chi connectivity index (χ2v) is 2.97. The molecule has 1 aromatic rings. The van der Waals surface area contributed by atoms with Crippen molar-refractivity contribution < 1.29 is 0 Å². The van der Waals surface area contributed by atoms with E-state index in [0.29, 0.717) is 18.2 Å². The van der Waals surface area contributed by atoms with E-state index in [2.05, 4.69) is 22.3 Å². The van der Waals surface area contributed by atoms with Crippen LogP contribution in [0.4, 0.5) is 0 Å². The SMILES string of the molecule is CC#CCNCc1cnn(C)c1Cl. The lowest BCUT2D eigenvalue weighted by atomic mass is 10.3. The number of hydrogen-bond acceptors (Lipinski definition) is 2. The monoisotopic (exact) mass is 197 g/mol. The molecule has 4 heteroatoms. The van der Waals surface area contributed by atoms with Crippen LogP contribution in [0.5, 0.6) is 0 Å². The fraction of sp³-hybridized carbons (Fsp3) is 0.444. The number of halogens is 1. The Balaban J connectivity index is 2.44. The maximum absolute atomic E-state index is 5.95. The van der Waals surface area contributed by atoms with Crippen LogP contribution < -0.4 is 5.32 Å². The molecular formula is C9H12ClN3. The van der Waals surface area contributed by atoms with Crippen molar-refractivity contribution in [2.45, 2.75) is 13.5 Å². The Kier molecular flexibility index (Phi) is 3.81. The van der Waals surface area contributed by atoms with Crippen molar-refractivity contribution in [2.24, 2.45) is 7.05 Å². The van der Waals surface area contributed by atoms with Crippen LogP contribution in [0.3, 0.4) is 0 Å². The molecule has 0 saturated heterocycles. The Labute approximate surface area is 83.1 Å². The van der Waals surface area contributed by atoms with E-state index in [1.807, 2.05) is 14.0 Å². The van der Waals surface area contributed by atoms with Crippen molar-refractivity contribution in [3.63, 3.8) is 0 Å². The first-order valence-corrected chi connectivity index (χ1v) is 4.40. The van der Waals surface area contributed by atoms with Crippen molar-refractivity contribution in [1.82, 2.24) is 15.1 Å². The topological polar surface area (TPSA) is 29.9 Å². The standard InChI is InChI=1S/C9H12ClN3/c1-3-4-5-11-6-8-7-12-13(2)9(8)10/h7,11H,5-6H2,1-2H3. The molecule has 1 rings (SSSR count). The highest BCUT2D eigenvalue weighted by atomic mass is 35.5. The molecule has 0 bridgehead atoms. The van der Waals surface area contributed by atoms with Gasteiger partial charge in [-0.15, -0.1) is 5.92 Å². The molecule has 0 unspecified atom stereocenters. The lowest BCUT2D eigenvalue weighted by Crippen LogP contribution is -2.13. The van der Waals surface area contributed by atoms with E-state index in [-0.39, 0.29) is 0 Å². The van der Waals surface area contributed by atoms with Crippen molar-refractivity contribution >= 4 is 11.6 Å². The van der Waals surface area contributed by atoms with Gasteiger partial charge in [0, 0.05) is 19.2 Å². The molecule has 1 N–H and O–H groups in total. The summed E-state index contributed by atoms with van der Waals surface area (Å²) in [6, 6.07) is 0. The normalized spacial score (nSPS) is 9.46. The summed E-state index contributed by atoms with van der Waals surface area (Å²) in [5.41, 5.74) is 1.00. The van der Waals surface area contributed by atoms with Crippen LogP contribution in [0.25, 0.3) is 0 Å². The minimum atomic E-state index is 0.678. The predicted octanol–water partition coefficient (Wildman–Crippen LogP) is 1.19. The minimum absolute atomic E-state index is 0.678. The van der Waals surface area contributed by atoms with Crippen LogP contribution in [-0.2, 0) is 13.6 Å². The van der Waals surface area contributed by atoms with Gasteiger partial charge in [-0.05, 0) is 6.92 Å². The second-order valence-electron chi connectivity index (χ2n) is 2.61. The zero-order valence-electron chi connectivity index (χ0n) is 7.76. The Morgan fingerprint density at radius 3 is 3.00 bits per heavy atom. The summed E-state index contributed by atoms with van der Waals surface area (Å²) >= 11 is 5.95. The number of rotatable bonds is 3. The van der Waals surface area contributed by atoms with E-state index in [1.54, 1.807) is 10.9 Å². The largest absolute Gasteiger partial charge is 0.302 e. The fourth-order valence-corrected chi connectivity index (χ4v) is 1.09. The van der Waals surface area contributed by atoms with Gasteiger partial charge in [0.2, 0.25) is 0 Å². The Bertz CT molecular complexity index is 332. The number of aromatic nitrogens is 2. The highest BCUT2D eigenvalue weighted by Crippen LogP contribution is 2.12. The molecule has 0 atom stereocenters. The summed E-state index contributed by atoms with van der Waals surface area (Å²) < 4.78 is 1.64. The first-order chi connectivity index (χ1) is 6.25. The van der Waals surface area contributed by atoms with Crippen LogP contribution >= 0.6 is 11.6 Å². The van der Waals surface area contributed by atoms with Gasteiger partial charge in [0.1, 0.15) is 5.15 Å². The lowest BCUT2D eigenvalue weighted by Gasteiger charge is -1.98. The third-order valence-corrected chi connectivity index (χ3v) is 2.13. The molecular weight excluding hydrogens is 186 g/mol. The van der Waals surface area contributed by atoms with Crippen molar-refractivity contribution in [2.75, 3.05) is 6.54 Å². The maximum Gasteiger partial charge on any atom is 0.131 e. The summed E-state index contributed by atoms with van der Waals surface area (Å²) in [6.07, 6.45) is 1.76. The zero-order chi connectivity index (χ0) is 9.68. The highest BCUT2D eigenvalue weighted by Gasteiger charge is 2.03.